The molecule has 1 aromatic heterocycles. The summed E-state index contributed by atoms with van der Waals surface area (Å²) in [6.45, 7) is 0. The number of nitrogens with one attached hydrogen (secondary N) is 1. The number of carbonyl (C=O) groups excluding carboxylic acids is 1. The van der Waals surface area contributed by atoms with Gasteiger partial charge in [0, 0.05) is 10.0 Å². The molecule has 0 fully saturated rings. The van der Waals surface area contributed by atoms with E-state index in [1.165, 1.54) is 6.21 Å². The first-order valence-corrected chi connectivity index (χ1v) is 6.58. The fourth-order valence-corrected chi connectivity index (χ4v) is 1.80. The Morgan fingerprint density at radius 2 is 1.89 bits per heavy atom. The van der Waals surface area contributed by atoms with E-state index in [2.05, 4.69) is 42.4 Å². The van der Waals surface area contributed by atoms with Gasteiger partial charge in [-0.3, -0.25) is 4.79 Å². The van der Waals surface area contributed by atoms with Crippen LogP contribution in [-0.4, -0.2) is 12.1 Å². The number of hydrogen-bond acceptors (Lipinski definition) is 3. The third-order valence-corrected chi connectivity index (χ3v) is 3.01. The minimum Gasteiger partial charge on any atom is -0.448 e. The Hall–Kier alpha value is -1.40. The van der Waals surface area contributed by atoms with Crippen LogP contribution in [0.1, 0.15) is 16.1 Å². The van der Waals surface area contributed by atoms with Gasteiger partial charge in [-0.1, -0.05) is 15.9 Å². The van der Waals surface area contributed by atoms with Gasteiger partial charge in [-0.15, -0.1) is 0 Å². The first kappa shape index (κ1) is 13.0. The van der Waals surface area contributed by atoms with Crippen molar-refractivity contribution in [1.29, 1.82) is 0 Å². The monoisotopic (exact) mass is 370 g/mol. The summed E-state index contributed by atoms with van der Waals surface area (Å²) < 4.78 is 6.73. The average molecular weight is 372 g/mol. The number of rotatable bonds is 3. The standard InChI is InChI=1S/C12H8Br2N2O2/c13-9-3-1-8(2-4-9)12(17)16-15-7-10-5-6-11(14)18-10/h1-7H,(H,16,17)/b15-7+. The van der Waals surface area contributed by atoms with E-state index in [9.17, 15) is 4.79 Å². The third-order valence-electron chi connectivity index (χ3n) is 2.06. The number of nitrogens with zero attached hydrogens (tertiary/aromatic N) is 1. The molecule has 6 heteroatoms. The van der Waals surface area contributed by atoms with Crippen LogP contribution in [0.3, 0.4) is 0 Å². The molecule has 1 N–H and O–H groups in total. The van der Waals surface area contributed by atoms with Crippen LogP contribution in [-0.2, 0) is 0 Å². The first-order valence-electron chi connectivity index (χ1n) is 4.99. The van der Waals surface area contributed by atoms with Gasteiger partial charge in [0.05, 0.1) is 6.21 Å². The number of amides is 1. The Kier molecular flexibility index (Phi) is 4.33. The maximum Gasteiger partial charge on any atom is 0.271 e. The van der Waals surface area contributed by atoms with Gasteiger partial charge >= 0.3 is 0 Å². The average Bonchev–Trinajstić information content (AvgIpc) is 2.76. The topological polar surface area (TPSA) is 54.6 Å². The van der Waals surface area contributed by atoms with Crippen molar-refractivity contribution in [3.8, 4) is 0 Å². The highest BCUT2D eigenvalue weighted by atomic mass is 79.9. The molecule has 0 unspecified atom stereocenters. The highest BCUT2D eigenvalue weighted by molar-refractivity contribution is 9.10. The van der Waals surface area contributed by atoms with Crippen molar-refractivity contribution in [1.82, 2.24) is 5.43 Å². The van der Waals surface area contributed by atoms with E-state index in [0.717, 1.165) is 4.47 Å². The molecule has 0 saturated heterocycles. The van der Waals surface area contributed by atoms with Crippen molar-refractivity contribution < 1.29 is 9.21 Å². The summed E-state index contributed by atoms with van der Waals surface area (Å²) in [4.78, 5) is 11.7. The quantitative estimate of drug-likeness (QED) is 0.662. The van der Waals surface area contributed by atoms with Crippen molar-refractivity contribution in [2.45, 2.75) is 0 Å². The van der Waals surface area contributed by atoms with Gasteiger partial charge in [0.1, 0.15) is 5.76 Å². The second kappa shape index (κ2) is 5.97. The van der Waals surface area contributed by atoms with E-state index in [0.29, 0.717) is 16.0 Å². The van der Waals surface area contributed by atoms with Gasteiger partial charge in [0.25, 0.3) is 5.91 Å². The summed E-state index contributed by atoms with van der Waals surface area (Å²) in [6.07, 6.45) is 1.43. The van der Waals surface area contributed by atoms with Crippen molar-refractivity contribution in [3.05, 3.63) is 56.9 Å². The summed E-state index contributed by atoms with van der Waals surface area (Å²) in [7, 11) is 0. The zero-order valence-corrected chi connectivity index (χ0v) is 12.2. The molecule has 0 aliphatic heterocycles. The molecule has 0 bridgehead atoms. The second-order valence-corrected chi connectivity index (χ2v) is 5.05. The highest BCUT2D eigenvalue weighted by Gasteiger charge is 2.03. The molecule has 1 aromatic carbocycles. The van der Waals surface area contributed by atoms with E-state index in [4.69, 9.17) is 4.42 Å². The lowest BCUT2D eigenvalue weighted by Crippen LogP contribution is -2.17. The first-order chi connectivity index (χ1) is 8.65. The molecule has 0 radical (unpaired) electrons. The number of furan rings is 1. The SMILES string of the molecule is O=C(N/N=C/c1ccc(Br)o1)c1ccc(Br)cc1. The van der Waals surface area contributed by atoms with Crippen molar-refractivity contribution >= 4 is 44.0 Å². The zero-order valence-electron chi connectivity index (χ0n) is 9.06. The van der Waals surface area contributed by atoms with E-state index < -0.39 is 0 Å². The minimum absolute atomic E-state index is 0.274. The normalized spacial score (nSPS) is 10.8. The number of carbonyl (C=O) groups is 1. The maximum atomic E-state index is 11.7. The predicted octanol–water partition coefficient (Wildman–Crippen LogP) is 3.57. The summed E-state index contributed by atoms with van der Waals surface area (Å²) in [6, 6.07) is 10.5. The predicted molar refractivity (Wildman–Crippen MR) is 75.6 cm³/mol. The highest BCUT2D eigenvalue weighted by Crippen LogP contribution is 2.12. The minimum atomic E-state index is -0.274. The van der Waals surface area contributed by atoms with Crippen molar-refractivity contribution in [2.24, 2.45) is 5.10 Å². The van der Waals surface area contributed by atoms with Gasteiger partial charge in [-0.25, -0.2) is 5.43 Å². The second-order valence-electron chi connectivity index (χ2n) is 3.35. The Labute approximate surface area is 120 Å². The molecule has 0 saturated carbocycles. The fourth-order valence-electron chi connectivity index (χ4n) is 1.22. The van der Waals surface area contributed by atoms with Crippen LogP contribution >= 0.6 is 31.9 Å². The lowest BCUT2D eigenvalue weighted by molar-refractivity contribution is 0.0955. The molecule has 18 heavy (non-hydrogen) atoms. The lowest BCUT2D eigenvalue weighted by atomic mass is 10.2. The fraction of sp³-hybridized carbons (Fsp3) is 0. The van der Waals surface area contributed by atoms with Gasteiger partial charge in [-0.05, 0) is 52.3 Å². The number of benzene rings is 1. The Balaban J connectivity index is 1.96. The Morgan fingerprint density at radius 3 is 2.50 bits per heavy atom. The Bertz CT molecular complexity index is 576. The molecule has 0 aliphatic rings. The molecule has 0 atom stereocenters. The number of hydrogen-bond donors (Lipinski definition) is 1. The summed E-state index contributed by atoms with van der Waals surface area (Å²) in [5.41, 5.74) is 2.95. The molecular weight excluding hydrogens is 364 g/mol. The summed E-state index contributed by atoms with van der Waals surface area (Å²) in [5.74, 6) is 0.280. The molecule has 4 nitrogen and oxygen atoms in total. The van der Waals surface area contributed by atoms with Crippen molar-refractivity contribution in [2.75, 3.05) is 0 Å². The number of hydrazone groups is 1. The number of halogens is 2. The molecule has 0 spiro atoms. The van der Waals surface area contributed by atoms with Gasteiger partial charge in [-0.2, -0.15) is 5.10 Å². The maximum absolute atomic E-state index is 11.7. The van der Waals surface area contributed by atoms with Crippen LogP contribution in [0.15, 0.2) is 55.1 Å². The van der Waals surface area contributed by atoms with Crippen LogP contribution < -0.4 is 5.43 Å². The van der Waals surface area contributed by atoms with Crippen LogP contribution in [0.2, 0.25) is 0 Å². The van der Waals surface area contributed by atoms with Crippen LogP contribution in [0, 0.1) is 0 Å². The smallest absolute Gasteiger partial charge is 0.271 e. The van der Waals surface area contributed by atoms with E-state index in [1.54, 1.807) is 36.4 Å². The lowest BCUT2D eigenvalue weighted by Gasteiger charge is -1.99. The summed E-state index contributed by atoms with van der Waals surface area (Å²) >= 11 is 6.48. The molecule has 0 aliphatic carbocycles. The molecular formula is C12H8Br2N2O2. The largest absolute Gasteiger partial charge is 0.448 e. The Morgan fingerprint density at radius 1 is 1.17 bits per heavy atom. The third kappa shape index (κ3) is 3.54. The molecule has 1 heterocycles. The van der Waals surface area contributed by atoms with Gasteiger partial charge in [0.2, 0.25) is 0 Å². The molecule has 1 amide bonds. The zero-order chi connectivity index (χ0) is 13.0. The summed E-state index contributed by atoms with van der Waals surface area (Å²) in [5, 5.41) is 3.80. The van der Waals surface area contributed by atoms with Crippen LogP contribution in [0.4, 0.5) is 0 Å². The van der Waals surface area contributed by atoms with Gasteiger partial charge in [0.15, 0.2) is 4.67 Å². The molecule has 92 valence electrons. The van der Waals surface area contributed by atoms with Crippen LogP contribution in [0.25, 0.3) is 0 Å². The van der Waals surface area contributed by atoms with Gasteiger partial charge < -0.3 is 4.42 Å². The van der Waals surface area contributed by atoms with Crippen LogP contribution in [0.5, 0.6) is 0 Å². The van der Waals surface area contributed by atoms with E-state index in [-0.39, 0.29) is 5.91 Å². The van der Waals surface area contributed by atoms with E-state index in [1.807, 2.05) is 0 Å². The van der Waals surface area contributed by atoms with Crippen molar-refractivity contribution in [3.63, 3.8) is 0 Å². The van der Waals surface area contributed by atoms with E-state index >= 15 is 0 Å². The molecule has 2 aromatic rings. The molecule has 2 rings (SSSR count).